The van der Waals surface area contributed by atoms with Gasteiger partial charge in [-0.05, 0) is 12.4 Å². The molecule has 0 atom stereocenters. The molecular formula is C9H12BNO3. The monoisotopic (exact) mass is 193 g/mol. The summed E-state index contributed by atoms with van der Waals surface area (Å²) in [4.78, 5) is 11.8. The first-order valence-corrected chi connectivity index (χ1v) is 4.00. The normalized spacial score (nSPS) is 8.00. The number of rotatable bonds is 1. The highest BCUT2D eigenvalue weighted by Crippen LogP contribution is 1.92. The highest BCUT2D eigenvalue weighted by atomic mass is 16.4. The maximum Gasteiger partial charge on any atom is 0.488 e. The predicted molar refractivity (Wildman–Crippen MR) is 55.1 cm³/mol. The Kier molecular flexibility index (Phi) is 6.32. The van der Waals surface area contributed by atoms with Crippen LogP contribution in [0.25, 0.3) is 0 Å². The van der Waals surface area contributed by atoms with Crippen LogP contribution in [0.2, 0.25) is 0 Å². The molecule has 0 saturated carbocycles. The van der Waals surface area contributed by atoms with Crippen molar-refractivity contribution >= 4 is 18.7 Å². The van der Waals surface area contributed by atoms with Crippen LogP contribution in [0.4, 0.5) is 0 Å². The second kappa shape index (κ2) is 7.03. The summed E-state index contributed by atoms with van der Waals surface area (Å²) in [6, 6.07) is 7.07. The van der Waals surface area contributed by atoms with Crippen LogP contribution in [-0.4, -0.2) is 30.3 Å². The van der Waals surface area contributed by atoms with Crippen molar-refractivity contribution in [3.63, 3.8) is 0 Å². The molecule has 14 heavy (non-hydrogen) atoms. The highest BCUT2D eigenvalue weighted by Gasteiger charge is 2.08. The lowest BCUT2D eigenvalue weighted by atomic mass is 9.80. The second-order valence-electron chi connectivity index (χ2n) is 2.60. The SMILES string of the molecule is CN=C=O.Cc1ccc(B(O)O)cc1. The van der Waals surface area contributed by atoms with Crippen molar-refractivity contribution in [2.45, 2.75) is 6.92 Å². The highest BCUT2D eigenvalue weighted by molar-refractivity contribution is 6.58. The van der Waals surface area contributed by atoms with E-state index in [0.717, 1.165) is 5.56 Å². The number of hydrogen-bond donors (Lipinski definition) is 2. The van der Waals surface area contributed by atoms with Crippen molar-refractivity contribution in [1.82, 2.24) is 0 Å². The van der Waals surface area contributed by atoms with Crippen molar-refractivity contribution in [1.29, 1.82) is 0 Å². The number of carbonyl (C=O) groups excluding carboxylic acids is 1. The van der Waals surface area contributed by atoms with E-state index >= 15 is 0 Å². The van der Waals surface area contributed by atoms with Gasteiger partial charge in [-0.3, -0.25) is 0 Å². The largest absolute Gasteiger partial charge is 0.488 e. The Balaban J connectivity index is 0.000000364. The van der Waals surface area contributed by atoms with E-state index in [9.17, 15) is 0 Å². The third-order valence-electron chi connectivity index (χ3n) is 1.47. The average Bonchev–Trinajstić information content (AvgIpc) is 2.19. The van der Waals surface area contributed by atoms with E-state index in [1.54, 1.807) is 12.1 Å². The first-order chi connectivity index (χ1) is 6.61. The molecule has 0 amide bonds. The molecule has 0 aliphatic heterocycles. The van der Waals surface area contributed by atoms with E-state index in [2.05, 4.69) is 4.99 Å². The van der Waals surface area contributed by atoms with Gasteiger partial charge in [0.25, 0.3) is 0 Å². The van der Waals surface area contributed by atoms with Crippen LogP contribution < -0.4 is 5.46 Å². The summed E-state index contributed by atoms with van der Waals surface area (Å²) in [6.45, 7) is 1.95. The van der Waals surface area contributed by atoms with Gasteiger partial charge in [0, 0.05) is 7.05 Å². The van der Waals surface area contributed by atoms with Gasteiger partial charge >= 0.3 is 7.12 Å². The molecular weight excluding hydrogens is 181 g/mol. The summed E-state index contributed by atoms with van der Waals surface area (Å²) >= 11 is 0. The topological polar surface area (TPSA) is 69.9 Å². The molecule has 1 aromatic rings. The van der Waals surface area contributed by atoms with Crippen molar-refractivity contribution < 1.29 is 14.8 Å². The van der Waals surface area contributed by atoms with E-state index in [1.165, 1.54) is 13.1 Å². The van der Waals surface area contributed by atoms with Crippen molar-refractivity contribution in [3.05, 3.63) is 29.8 Å². The maximum absolute atomic E-state index is 8.88. The fraction of sp³-hybridized carbons (Fsp3) is 0.222. The summed E-state index contributed by atoms with van der Waals surface area (Å²) in [5.74, 6) is 0. The maximum atomic E-state index is 8.88. The van der Waals surface area contributed by atoms with Crippen molar-refractivity contribution in [3.8, 4) is 0 Å². The quantitative estimate of drug-likeness (QED) is 0.363. The fourth-order valence-corrected chi connectivity index (χ4v) is 0.739. The molecule has 4 nitrogen and oxygen atoms in total. The first-order valence-electron chi connectivity index (χ1n) is 4.00. The van der Waals surface area contributed by atoms with E-state index in [0.29, 0.717) is 5.46 Å². The minimum absolute atomic E-state index is 0.533. The number of aryl methyl sites for hydroxylation is 1. The fourth-order valence-electron chi connectivity index (χ4n) is 0.739. The first kappa shape index (κ1) is 12.6. The third-order valence-corrected chi connectivity index (χ3v) is 1.47. The van der Waals surface area contributed by atoms with Gasteiger partial charge < -0.3 is 10.0 Å². The predicted octanol–water partition coefficient (Wildman–Crippen LogP) is -0.373. The molecule has 0 unspecified atom stereocenters. The lowest BCUT2D eigenvalue weighted by Gasteiger charge is -1.97. The van der Waals surface area contributed by atoms with E-state index in [1.807, 2.05) is 19.1 Å². The molecule has 0 radical (unpaired) electrons. The molecule has 2 N–H and O–H groups in total. The van der Waals surface area contributed by atoms with E-state index in [-0.39, 0.29) is 0 Å². The standard InChI is InChI=1S/C7H9BO2.C2H3NO/c1-6-2-4-7(5-3-6)8(9)10;1-3-2-4/h2-5,9-10H,1H3;1H3. The molecule has 0 spiro atoms. The van der Waals surface area contributed by atoms with Crippen molar-refractivity contribution in [2.24, 2.45) is 4.99 Å². The Morgan fingerprint density at radius 3 is 2.00 bits per heavy atom. The molecule has 0 fully saturated rings. The van der Waals surface area contributed by atoms with Crippen LogP contribution in [0.1, 0.15) is 5.56 Å². The summed E-state index contributed by atoms with van der Waals surface area (Å²) in [6.07, 6.45) is 1.31. The minimum Gasteiger partial charge on any atom is -0.423 e. The summed E-state index contributed by atoms with van der Waals surface area (Å²) in [5.41, 5.74) is 1.65. The molecule has 1 aromatic carbocycles. The lowest BCUT2D eigenvalue weighted by molar-refractivity contribution is 0.426. The zero-order valence-electron chi connectivity index (χ0n) is 8.14. The zero-order valence-corrected chi connectivity index (χ0v) is 8.14. The van der Waals surface area contributed by atoms with Gasteiger partial charge in [0.1, 0.15) is 0 Å². The molecule has 0 aliphatic rings. The number of isocyanates is 1. The van der Waals surface area contributed by atoms with E-state index < -0.39 is 7.12 Å². The smallest absolute Gasteiger partial charge is 0.423 e. The molecule has 74 valence electrons. The summed E-state index contributed by atoms with van der Waals surface area (Å²) in [5, 5.41) is 17.3. The number of aliphatic imine (C=N–C) groups is 1. The molecule has 0 aromatic heterocycles. The van der Waals surface area contributed by atoms with Crippen LogP contribution in [0, 0.1) is 6.92 Å². The van der Waals surface area contributed by atoms with Crippen molar-refractivity contribution in [2.75, 3.05) is 7.05 Å². The molecule has 0 aliphatic carbocycles. The van der Waals surface area contributed by atoms with Crippen LogP contribution >= 0.6 is 0 Å². The van der Waals surface area contributed by atoms with Gasteiger partial charge in [-0.25, -0.2) is 9.79 Å². The molecule has 0 bridgehead atoms. The molecule has 0 heterocycles. The Morgan fingerprint density at radius 2 is 1.71 bits per heavy atom. The number of benzene rings is 1. The molecule has 0 saturated heterocycles. The van der Waals surface area contributed by atoms with Crippen LogP contribution in [-0.2, 0) is 4.79 Å². The Labute approximate surface area is 83.1 Å². The number of nitrogens with zero attached hydrogens (tertiary/aromatic N) is 1. The van der Waals surface area contributed by atoms with Crippen LogP contribution in [0.5, 0.6) is 0 Å². The average molecular weight is 193 g/mol. The Hall–Kier alpha value is -1.42. The Morgan fingerprint density at radius 1 is 1.29 bits per heavy atom. The van der Waals surface area contributed by atoms with Gasteiger partial charge in [0.2, 0.25) is 6.08 Å². The van der Waals surface area contributed by atoms with Gasteiger partial charge in [-0.2, -0.15) is 0 Å². The summed E-state index contributed by atoms with van der Waals surface area (Å²) < 4.78 is 0. The zero-order chi connectivity index (χ0) is 11.0. The number of hydrogen-bond acceptors (Lipinski definition) is 4. The Bertz CT molecular complexity index is 304. The van der Waals surface area contributed by atoms with Gasteiger partial charge in [0.05, 0.1) is 0 Å². The van der Waals surface area contributed by atoms with Crippen LogP contribution in [0.3, 0.4) is 0 Å². The summed E-state index contributed by atoms with van der Waals surface area (Å²) in [7, 11) is 0.0353. The van der Waals surface area contributed by atoms with Gasteiger partial charge in [-0.1, -0.05) is 29.8 Å². The minimum atomic E-state index is -1.35. The van der Waals surface area contributed by atoms with E-state index in [4.69, 9.17) is 14.8 Å². The third kappa shape index (κ3) is 5.27. The molecule has 5 heteroatoms. The van der Waals surface area contributed by atoms with Crippen LogP contribution in [0.15, 0.2) is 29.3 Å². The van der Waals surface area contributed by atoms with Gasteiger partial charge in [0.15, 0.2) is 0 Å². The lowest BCUT2D eigenvalue weighted by Crippen LogP contribution is -2.29. The second-order valence-corrected chi connectivity index (χ2v) is 2.60. The molecule has 1 rings (SSSR count). The van der Waals surface area contributed by atoms with Gasteiger partial charge in [-0.15, -0.1) is 0 Å².